The van der Waals surface area contributed by atoms with Crippen LogP contribution in [0, 0.1) is 0 Å². The molecular formula is C27H25N3O5. The summed E-state index contributed by atoms with van der Waals surface area (Å²) < 4.78 is 10.6. The van der Waals surface area contributed by atoms with Gasteiger partial charge in [0.1, 0.15) is 6.17 Å². The van der Waals surface area contributed by atoms with Crippen molar-refractivity contribution in [2.75, 3.05) is 25.7 Å². The lowest BCUT2D eigenvalue weighted by Crippen LogP contribution is -2.49. The normalized spacial score (nSPS) is 15.9. The first-order valence-electron chi connectivity index (χ1n) is 11.3. The zero-order valence-electron chi connectivity index (χ0n) is 19.5. The van der Waals surface area contributed by atoms with Crippen molar-refractivity contribution >= 4 is 23.4 Å². The SMILES string of the molecule is COc1ccc(CNC(=O)CCN2C(=O)c3ccccc3N3C(=O)c4ccccc4[C@@H]23)cc1OC. The summed E-state index contributed by atoms with van der Waals surface area (Å²) in [4.78, 5) is 42.6. The van der Waals surface area contributed by atoms with E-state index in [9.17, 15) is 14.4 Å². The van der Waals surface area contributed by atoms with Gasteiger partial charge in [-0.1, -0.05) is 36.4 Å². The van der Waals surface area contributed by atoms with Crippen molar-refractivity contribution in [2.24, 2.45) is 0 Å². The molecular weight excluding hydrogens is 446 g/mol. The fraction of sp³-hybridized carbons (Fsp3) is 0.222. The summed E-state index contributed by atoms with van der Waals surface area (Å²) >= 11 is 0. The third-order valence-corrected chi connectivity index (χ3v) is 6.40. The minimum atomic E-state index is -0.570. The number of amides is 3. The highest BCUT2D eigenvalue weighted by Gasteiger charge is 2.47. The van der Waals surface area contributed by atoms with Crippen LogP contribution in [0.2, 0.25) is 0 Å². The number of ether oxygens (including phenoxy) is 2. The highest BCUT2D eigenvalue weighted by Crippen LogP contribution is 2.45. The van der Waals surface area contributed by atoms with Gasteiger partial charge in [0.2, 0.25) is 5.91 Å². The molecule has 3 aromatic rings. The first kappa shape index (κ1) is 22.5. The Morgan fingerprint density at radius 2 is 1.60 bits per heavy atom. The molecule has 2 heterocycles. The fourth-order valence-electron chi connectivity index (χ4n) is 4.70. The Balaban J connectivity index is 1.33. The number of methoxy groups -OCH3 is 2. The maximum atomic E-state index is 13.4. The van der Waals surface area contributed by atoms with Gasteiger partial charge in [-0.3, -0.25) is 19.3 Å². The van der Waals surface area contributed by atoms with E-state index >= 15 is 0 Å². The van der Waals surface area contributed by atoms with Crippen LogP contribution in [0.4, 0.5) is 5.69 Å². The molecule has 0 radical (unpaired) electrons. The molecule has 0 aromatic heterocycles. The van der Waals surface area contributed by atoms with E-state index in [0.29, 0.717) is 34.9 Å². The fourth-order valence-corrected chi connectivity index (χ4v) is 4.70. The van der Waals surface area contributed by atoms with E-state index in [1.165, 1.54) is 0 Å². The molecule has 2 aliphatic rings. The number of carbonyl (C=O) groups is 3. The van der Waals surface area contributed by atoms with Crippen LogP contribution in [-0.2, 0) is 11.3 Å². The first-order valence-corrected chi connectivity index (χ1v) is 11.3. The number of hydrogen-bond acceptors (Lipinski definition) is 5. The summed E-state index contributed by atoms with van der Waals surface area (Å²) in [6, 6.07) is 19.9. The van der Waals surface area contributed by atoms with Crippen LogP contribution in [-0.4, -0.2) is 43.4 Å². The number of rotatable bonds is 7. The van der Waals surface area contributed by atoms with Crippen molar-refractivity contribution in [1.82, 2.24) is 10.2 Å². The van der Waals surface area contributed by atoms with Crippen molar-refractivity contribution in [1.29, 1.82) is 0 Å². The minimum Gasteiger partial charge on any atom is -0.493 e. The van der Waals surface area contributed by atoms with E-state index in [2.05, 4.69) is 5.32 Å². The van der Waals surface area contributed by atoms with E-state index in [1.54, 1.807) is 54.4 Å². The molecule has 0 bridgehead atoms. The van der Waals surface area contributed by atoms with Crippen molar-refractivity contribution in [3.63, 3.8) is 0 Å². The number of fused-ring (bicyclic) bond motifs is 5. The Kier molecular flexibility index (Phi) is 5.86. The topological polar surface area (TPSA) is 88.2 Å². The average Bonchev–Trinajstić information content (AvgIpc) is 3.19. The van der Waals surface area contributed by atoms with Crippen molar-refractivity contribution in [2.45, 2.75) is 19.1 Å². The molecule has 178 valence electrons. The van der Waals surface area contributed by atoms with Crippen LogP contribution < -0.4 is 19.7 Å². The molecule has 8 nitrogen and oxygen atoms in total. The molecule has 0 spiro atoms. The van der Waals surface area contributed by atoms with Crippen molar-refractivity contribution in [3.8, 4) is 11.5 Å². The Bertz CT molecular complexity index is 1320. The number of anilines is 1. The largest absolute Gasteiger partial charge is 0.493 e. The van der Waals surface area contributed by atoms with Crippen LogP contribution in [0.3, 0.4) is 0 Å². The van der Waals surface area contributed by atoms with E-state index in [1.807, 2.05) is 36.4 Å². The Hall–Kier alpha value is -4.33. The third-order valence-electron chi connectivity index (χ3n) is 6.40. The summed E-state index contributed by atoms with van der Waals surface area (Å²) in [6.45, 7) is 0.487. The smallest absolute Gasteiger partial charge is 0.260 e. The predicted octanol–water partition coefficient (Wildman–Crippen LogP) is 3.53. The van der Waals surface area contributed by atoms with E-state index in [0.717, 1.165) is 11.1 Å². The van der Waals surface area contributed by atoms with Gasteiger partial charge in [0.05, 0.1) is 25.5 Å². The highest BCUT2D eigenvalue weighted by atomic mass is 16.5. The number of hydrogen-bond donors (Lipinski definition) is 1. The maximum Gasteiger partial charge on any atom is 0.260 e. The van der Waals surface area contributed by atoms with Gasteiger partial charge in [-0.05, 0) is 35.9 Å². The number of carbonyl (C=O) groups excluding carboxylic acids is 3. The monoisotopic (exact) mass is 471 g/mol. The van der Waals surface area contributed by atoms with Gasteiger partial charge < -0.3 is 19.7 Å². The number of nitrogens with zero attached hydrogens (tertiary/aromatic N) is 2. The number of para-hydroxylation sites is 1. The second-order valence-electron chi connectivity index (χ2n) is 8.37. The van der Waals surface area contributed by atoms with Gasteiger partial charge in [0.15, 0.2) is 11.5 Å². The van der Waals surface area contributed by atoms with Gasteiger partial charge in [-0.2, -0.15) is 0 Å². The van der Waals surface area contributed by atoms with E-state index in [-0.39, 0.29) is 30.7 Å². The van der Waals surface area contributed by atoms with Crippen LogP contribution in [0.1, 0.15) is 44.4 Å². The summed E-state index contributed by atoms with van der Waals surface area (Å²) in [7, 11) is 3.13. The van der Waals surface area contributed by atoms with Gasteiger partial charge in [0.25, 0.3) is 11.8 Å². The Morgan fingerprint density at radius 1 is 0.886 bits per heavy atom. The highest BCUT2D eigenvalue weighted by molar-refractivity contribution is 6.16. The zero-order valence-corrected chi connectivity index (χ0v) is 19.5. The quantitative estimate of drug-likeness (QED) is 0.570. The van der Waals surface area contributed by atoms with Crippen LogP contribution in [0.15, 0.2) is 66.7 Å². The molecule has 3 aromatic carbocycles. The summed E-state index contributed by atoms with van der Waals surface area (Å²) in [6.07, 6.45) is -0.471. The average molecular weight is 472 g/mol. The van der Waals surface area contributed by atoms with Gasteiger partial charge in [0, 0.05) is 30.6 Å². The number of benzene rings is 3. The molecule has 5 rings (SSSR count). The van der Waals surface area contributed by atoms with Gasteiger partial charge in [-0.15, -0.1) is 0 Å². The summed E-state index contributed by atoms with van der Waals surface area (Å²) in [5.41, 5.74) is 3.25. The second-order valence-corrected chi connectivity index (χ2v) is 8.37. The van der Waals surface area contributed by atoms with Crippen LogP contribution in [0.5, 0.6) is 11.5 Å². The second kappa shape index (κ2) is 9.13. The van der Waals surface area contributed by atoms with Crippen LogP contribution >= 0.6 is 0 Å². The molecule has 0 saturated carbocycles. The first-order chi connectivity index (χ1) is 17.0. The molecule has 3 amide bonds. The van der Waals surface area contributed by atoms with Crippen molar-refractivity contribution < 1.29 is 23.9 Å². The molecule has 2 aliphatic heterocycles. The third kappa shape index (κ3) is 3.86. The van der Waals surface area contributed by atoms with Gasteiger partial charge in [-0.25, -0.2) is 0 Å². The number of nitrogens with one attached hydrogen (secondary N) is 1. The standard InChI is InChI=1S/C27H25N3O5/c1-34-22-12-11-17(15-23(22)35-2)16-28-24(31)13-14-29-25-18-7-3-4-8-19(18)27(33)30(25)21-10-6-5-9-20(21)26(29)32/h3-12,15,25H,13-14,16H2,1-2H3,(H,28,31)/t25-/m0/s1. The lowest BCUT2D eigenvalue weighted by atomic mass is 10.0. The molecule has 1 atom stereocenters. The lowest BCUT2D eigenvalue weighted by molar-refractivity contribution is -0.121. The zero-order chi connectivity index (χ0) is 24.5. The molecule has 0 fully saturated rings. The molecule has 0 unspecified atom stereocenters. The minimum absolute atomic E-state index is 0.0991. The Morgan fingerprint density at radius 3 is 2.37 bits per heavy atom. The van der Waals surface area contributed by atoms with E-state index < -0.39 is 6.17 Å². The summed E-state index contributed by atoms with van der Waals surface area (Å²) in [5.74, 6) is 0.659. The molecule has 35 heavy (non-hydrogen) atoms. The van der Waals surface area contributed by atoms with E-state index in [4.69, 9.17) is 9.47 Å². The molecule has 0 aliphatic carbocycles. The molecule has 0 saturated heterocycles. The van der Waals surface area contributed by atoms with Gasteiger partial charge >= 0.3 is 0 Å². The molecule has 8 heteroatoms. The van der Waals surface area contributed by atoms with Crippen molar-refractivity contribution in [3.05, 3.63) is 89.0 Å². The predicted molar refractivity (Wildman–Crippen MR) is 129 cm³/mol. The molecule has 1 N–H and O–H groups in total. The maximum absolute atomic E-state index is 13.4. The summed E-state index contributed by atoms with van der Waals surface area (Å²) in [5, 5.41) is 2.90. The Labute approximate surface area is 203 Å². The lowest BCUT2D eigenvalue weighted by Gasteiger charge is -2.40. The van der Waals surface area contributed by atoms with Crippen LogP contribution in [0.25, 0.3) is 0 Å².